The van der Waals surface area contributed by atoms with Gasteiger partial charge in [0.05, 0.1) is 12.8 Å². The molecular weight excluding hydrogens is 214 g/mol. The van der Waals surface area contributed by atoms with Crippen molar-refractivity contribution in [3.63, 3.8) is 0 Å². The molecule has 5 nitrogen and oxygen atoms in total. The lowest BCUT2D eigenvalue weighted by Gasteiger charge is -1.93. The van der Waals surface area contributed by atoms with E-state index in [1.165, 1.54) is 18.4 Å². The number of nitrogens with zero attached hydrogens (tertiary/aromatic N) is 2. The van der Waals surface area contributed by atoms with E-state index in [0.717, 1.165) is 0 Å². The van der Waals surface area contributed by atoms with Crippen molar-refractivity contribution in [1.82, 2.24) is 15.0 Å². The molecule has 1 N–H and O–H groups in total. The van der Waals surface area contributed by atoms with Crippen LogP contribution < -0.4 is 0 Å². The number of methoxy groups -OCH3 is 1. The van der Waals surface area contributed by atoms with E-state index in [0.29, 0.717) is 21.4 Å². The van der Waals surface area contributed by atoms with Crippen LogP contribution in [0.1, 0.15) is 15.4 Å². The number of imidazole rings is 1. The lowest BCUT2D eigenvalue weighted by molar-refractivity contribution is 0.0605. The highest BCUT2D eigenvalue weighted by Gasteiger charge is 2.17. The predicted molar refractivity (Wildman–Crippen MR) is 55.8 cm³/mol. The molecule has 0 bridgehead atoms. The molecule has 0 atom stereocenters. The van der Waals surface area contributed by atoms with Gasteiger partial charge in [-0.3, -0.25) is 0 Å². The highest BCUT2D eigenvalue weighted by atomic mass is 32.1. The van der Waals surface area contributed by atoms with Crippen molar-refractivity contribution in [2.75, 3.05) is 7.11 Å². The van der Waals surface area contributed by atoms with Gasteiger partial charge in [-0.2, -0.15) is 0 Å². The Morgan fingerprint density at radius 3 is 3.00 bits per heavy atom. The second-order valence-electron chi connectivity index (χ2n) is 2.86. The maximum Gasteiger partial charge on any atom is 0.349 e. The number of carbonyl (C=O) groups is 1. The zero-order chi connectivity index (χ0) is 10.8. The average Bonchev–Trinajstić information content (AvgIpc) is 2.84. The maximum atomic E-state index is 11.3. The van der Waals surface area contributed by atoms with Crippen molar-refractivity contribution in [2.24, 2.45) is 0 Å². The van der Waals surface area contributed by atoms with Crippen molar-refractivity contribution < 1.29 is 9.53 Å². The van der Waals surface area contributed by atoms with Gasteiger partial charge in [-0.25, -0.2) is 14.8 Å². The topological polar surface area (TPSA) is 67.9 Å². The van der Waals surface area contributed by atoms with E-state index in [-0.39, 0.29) is 5.97 Å². The van der Waals surface area contributed by atoms with E-state index in [9.17, 15) is 4.79 Å². The van der Waals surface area contributed by atoms with Crippen molar-refractivity contribution in [3.8, 4) is 10.8 Å². The largest absolute Gasteiger partial charge is 0.465 e. The Morgan fingerprint density at radius 1 is 1.60 bits per heavy atom. The summed E-state index contributed by atoms with van der Waals surface area (Å²) in [7, 11) is 1.36. The van der Waals surface area contributed by atoms with E-state index in [2.05, 4.69) is 19.7 Å². The smallest absolute Gasteiger partial charge is 0.349 e. The summed E-state index contributed by atoms with van der Waals surface area (Å²) >= 11 is 1.27. The molecule has 0 unspecified atom stereocenters. The van der Waals surface area contributed by atoms with Crippen molar-refractivity contribution in [1.29, 1.82) is 0 Å². The normalized spacial score (nSPS) is 10.3. The molecule has 0 saturated heterocycles. The molecule has 2 aromatic rings. The van der Waals surface area contributed by atoms with Gasteiger partial charge in [-0.05, 0) is 6.92 Å². The number of aromatic nitrogens is 3. The summed E-state index contributed by atoms with van der Waals surface area (Å²) < 4.78 is 4.65. The van der Waals surface area contributed by atoms with Gasteiger partial charge in [-0.15, -0.1) is 11.3 Å². The Morgan fingerprint density at radius 2 is 2.40 bits per heavy atom. The molecule has 0 amide bonds. The average molecular weight is 223 g/mol. The molecule has 2 rings (SSSR count). The summed E-state index contributed by atoms with van der Waals surface area (Å²) in [5, 5.41) is 0.692. The second-order valence-corrected chi connectivity index (χ2v) is 3.86. The minimum Gasteiger partial charge on any atom is -0.465 e. The van der Waals surface area contributed by atoms with E-state index >= 15 is 0 Å². The number of ether oxygens (including phenoxy) is 1. The summed E-state index contributed by atoms with van der Waals surface area (Å²) in [6, 6.07) is 0. The fourth-order valence-electron chi connectivity index (χ4n) is 1.16. The quantitative estimate of drug-likeness (QED) is 0.786. The van der Waals surface area contributed by atoms with Crippen LogP contribution in [0.4, 0.5) is 0 Å². The van der Waals surface area contributed by atoms with Gasteiger partial charge in [0.25, 0.3) is 0 Å². The monoisotopic (exact) mass is 223 g/mol. The number of esters is 1. The molecule has 0 aliphatic rings. The van der Waals surface area contributed by atoms with E-state index in [4.69, 9.17) is 0 Å². The molecular formula is C9H9N3O2S. The Kier molecular flexibility index (Phi) is 2.51. The number of hydrogen-bond donors (Lipinski definition) is 1. The fourth-order valence-corrected chi connectivity index (χ4v) is 2.11. The molecule has 15 heavy (non-hydrogen) atoms. The van der Waals surface area contributed by atoms with Crippen LogP contribution in [0.15, 0.2) is 12.4 Å². The lowest BCUT2D eigenvalue weighted by Crippen LogP contribution is -1.99. The van der Waals surface area contributed by atoms with Gasteiger partial charge in [0.2, 0.25) is 0 Å². The predicted octanol–water partition coefficient (Wildman–Crippen LogP) is 1.63. The Labute approximate surface area is 90.1 Å². The van der Waals surface area contributed by atoms with E-state index < -0.39 is 0 Å². The highest BCUT2D eigenvalue weighted by Crippen LogP contribution is 2.25. The number of aromatic amines is 1. The summed E-state index contributed by atoms with van der Waals surface area (Å²) in [6.45, 7) is 1.77. The van der Waals surface area contributed by atoms with Crippen LogP contribution in [-0.2, 0) is 4.74 Å². The van der Waals surface area contributed by atoms with Crippen LogP contribution >= 0.6 is 11.3 Å². The Balaban J connectivity index is 2.41. The first-order chi connectivity index (χ1) is 7.22. The van der Waals surface area contributed by atoms with Crippen molar-refractivity contribution in [2.45, 2.75) is 6.92 Å². The number of thiazole rings is 1. The summed E-state index contributed by atoms with van der Waals surface area (Å²) in [5.41, 5.74) is 0.665. The first-order valence-corrected chi connectivity index (χ1v) is 5.09. The number of H-pyrrole nitrogens is 1. The van der Waals surface area contributed by atoms with Crippen molar-refractivity contribution in [3.05, 3.63) is 23.0 Å². The van der Waals surface area contributed by atoms with Crippen LogP contribution in [0.5, 0.6) is 0 Å². The number of aryl methyl sites for hydroxylation is 1. The van der Waals surface area contributed by atoms with Crippen LogP contribution in [-0.4, -0.2) is 28.0 Å². The minimum atomic E-state index is -0.359. The van der Waals surface area contributed by atoms with Crippen LogP contribution in [0, 0.1) is 6.92 Å². The molecule has 2 heterocycles. The standard InChI is InChI=1S/C9H9N3O2S/c1-5-6(9(13)14-2)15-8(12-5)7-10-3-4-11-7/h3-4H,1-2H3,(H,10,11). The summed E-state index contributed by atoms with van der Waals surface area (Å²) in [4.78, 5) is 23.1. The molecule has 0 spiro atoms. The zero-order valence-electron chi connectivity index (χ0n) is 8.27. The van der Waals surface area contributed by atoms with Crippen LogP contribution in [0.2, 0.25) is 0 Å². The first kappa shape index (κ1) is 9.85. The SMILES string of the molecule is COC(=O)c1sc(-c2ncc[nH]2)nc1C. The maximum absolute atomic E-state index is 11.3. The zero-order valence-corrected chi connectivity index (χ0v) is 9.09. The summed E-state index contributed by atoms with van der Waals surface area (Å²) in [5.74, 6) is 0.307. The van der Waals surface area contributed by atoms with Gasteiger partial charge < -0.3 is 9.72 Å². The molecule has 0 aromatic carbocycles. The first-order valence-electron chi connectivity index (χ1n) is 4.28. The Hall–Kier alpha value is -1.69. The number of hydrogen-bond acceptors (Lipinski definition) is 5. The molecule has 6 heteroatoms. The third-order valence-electron chi connectivity index (χ3n) is 1.87. The van der Waals surface area contributed by atoms with Gasteiger partial charge in [0.15, 0.2) is 10.8 Å². The molecule has 78 valence electrons. The number of nitrogens with one attached hydrogen (secondary N) is 1. The number of carbonyl (C=O) groups excluding carboxylic acids is 1. The van der Waals surface area contributed by atoms with Crippen LogP contribution in [0.3, 0.4) is 0 Å². The van der Waals surface area contributed by atoms with E-state index in [1.807, 2.05) is 0 Å². The van der Waals surface area contributed by atoms with Gasteiger partial charge in [0, 0.05) is 12.4 Å². The summed E-state index contributed by atoms with van der Waals surface area (Å²) in [6.07, 6.45) is 3.35. The fraction of sp³-hybridized carbons (Fsp3) is 0.222. The molecule has 0 aliphatic carbocycles. The third kappa shape index (κ3) is 1.75. The minimum absolute atomic E-state index is 0.359. The lowest BCUT2D eigenvalue weighted by atomic mass is 10.4. The highest BCUT2D eigenvalue weighted by molar-refractivity contribution is 7.16. The van der Waals surface area contributed by atoms with Gasteiger partial charge >= 0.3 is 5.97 Å². The molecule has 2 aromatic heterocycles. The Bertz CT molecular complexity index is 476. The second kappa shape index (κ2) is 3.82. The third-order valence-corrected chi connectivity index (χ3v) is 3.01. The van der Waals surface area contributed by atoms with Crippen LogP contribution in [0.25, 0.3) is 10.8 Å². The molecule has 0 saturated carbocycles. The van der Waals surface area contributed by atoms with E-state index in [1.54, 1.807) is 19.3 Å². The number of rotatable bonds is 2. The molecule has 0 fully saturated rings. The molecule has 0 radical (unpaired) electrons. The van der Waals surface area contributed by atoms with Crippen molar-refractivity contribution >= 4 is 17.3 Å². The van der Waals surface area contributed by atoms with Gasteiger partial charge in [0.1, 0.15) is 4.88 Å². The van der Waals surface area contributed by atoms with Gasteiger partial charge in [-0.1, -0.05) is 0 Å². The molecule has 0 aliphatic heterocycles.